The smallest absolute Gasteiger partial charge is 0.352 e. The predicted molar refractivity (Wildman–Crippen MR) is 99.4 cm³/mol. The zero-order valence-electron chi connectivity index (χ0n) is 15.8. The van der Waals surface area contributed by atoms with Gasteiger partial charge in [0.15, 0.2) is 6.20 Å². The second-order valence-electron chi connectivity index (χ2n) is 7.41. The van der Waals surface area contributed by atoms with Gasteiger partial charge >= 0.3 is 5.97 Å². The summed E-state index contributed by atoms with van der Waals surface area (Å²) in [4.78, 5) is 50.6. The lowest BCUT2D eigenvalue weighted by Crippen LogP contribution is -2.73. The van der Waals surface area contributed by atoms with Gasteiger partial charge < -0.3 is 15.7 Å². The van der Waals surface area contributed by atoms with E-state index >= 15 is 0 Å². The minimum atomic E-state index is -1.17. The fourth-order valence-electron chi connectivity index (χ4n) is 4.62. The van der Waals surface area contributed by atoms with Gasteiger partial charge in [0.05, 0.1) is 6.04 Å². The summed E-state index contributed by atoms with van der Waals surface area (Å²) in [5.74, 6) is -2.34. The van der Waals surface area contributed by atoms with Crippen molar-refractivity contribution in [3.8, 4) is 0 Å². The van der Waals surface area contributed by atoms with E-state index in [1.165, 1.54) is 16.7 Å². The second kappa shape index (κ2) is 6.84. The summed E-state index contributed by atoms with van der Waals surface area (Å²) in [6, 6.07) is 4.43. The molecule has 2 fully saturated rings. The van der Waals surface area contributed by atoms with Crippen molar-refractivity contribution < 1.29 is 28.9 Å². The molecule has 3 atom stereocenters. The van der Waals surface area contributed by atoms with Crippen LogP contribution in [0.4, 0.5) is 0 Å². The number of allylic oxidation sites excluding steroid dienone is 1. The third-order valence-electron chi connectivity index (χ3n) is 5.80. The van der Waals surface area contributed by atoms with Gasteiger partial charge in [-0.15, -0.1) is 0 Å². The van der Waals surface area contributed by atoms with Crippen LogP contribution in [0.3, 0.4) is 0 Å². The Morgan fingerprint density at radius 1 is 1.31 bits per heavy atom. The van der Waals surface area contributed by atoms with Crippen molar-refractivity contribution in [1.29, 1.82) is 0 Å². The van der Waals surface area contributed by atoms with E-state index in [0.717, 1.165) is 0 Å². The number of carboxylic acids is 1. The second-order valence-corrected chi connectivity index (χ2v) is 7.41. The molecule has 9 heteroatoms. The zero-order chi connectivity index (χ0) is 20.9. The average Bonchev–Trinajstić information content (AvgIpc) is 2.99. The number of pyridine rings is 1. The van der Waals surface area contributed by atoms with Crippen LogP contribution in [0.5, 0.6) is 0 Å². The number of piperidine rings is 1. The van der Waals surface area contributed by atoms with Gasteiger partial charge in [0.2, 0.25) is 18.1 Å². The van der Waals surface area contributed by atoms with Crippen LogP contribution in [0, 0.1) is 5.92 Å². The molecule has 0 saturated carbocycles. The maximum absolute atomic E-state index is 12.6. The molecule has 3 aliphatic heterocycles. The highest BCUT2D eigenvalue weighted by molar-refractivity contribution is 6.03. The van der Waals surface area contributed by atoms with Gasteiger partial charge in [-0.25, -0.2) is 4.79 Å². The van der Waals surface area contributed by atoms with Gasteiger partial charge in [-0.1, -0.05) is 0 Å². The molecule has 1 unspecified atom stereocenters. The largest absolute Gasteiger partial charge is 0.477 e. The molecule has 0 aliphatic carbocycles. The topological polar surface area (TPSA) is 125 Å². The summed E-state index contributed by atoms with van der Waals surface area (Å²) in [6.07, 6.45) is 5.72. The number of carbonyl (C=O) groups is 4. The molecule has 3 aliphatic rings. The molecular formula is C20H21N4O5+. The van der Waals surface area contributed by atoms with Crippen LogP contribution in [0.1, 0.15) is 19.0 Å². The molecule has 9 nitrogen and oxygen atoms in total. The fourth-order valence-corrected chi connectivity index (χ4v) is 4.62. The average molecular weight is 397 g/mol. The molecule has 3 N–H and O–H groups in total. The van der Waals surface area contributed by atoms with Crippen molar-refractivity contribution >= 4 is 29.8 Å². The van der Waals surface area contributed by atoms with E-state index in [9.17, 15) is 24.3 Å². The van der Waals surface area contributed by atoms with Crippen molar-refractivity contribution in [2.24, 2.45) is 11.7 Å². The number of aliphatic carboxylic acids is 1. The number of nitrogens with zero attached hydrogens (tertiary/aromatic N) is 3. The first kappa shape index (κ1) is 18.9. The number of hydrogen-bond acceptors (Lipinski definition) is 4. The minimum Gasteiger partial charge on any atom is -0.477 e. The SMILES string of the molecule is CC(=O)N1CCC2C(/C=C/c3cccc[n+]3CC(N)=O)=C(C(=O)O)N3C(=O)[C@@H]1[C@@H]23. The van der Waals surface area contributed by atoms with E-state index in [1.54, 1.807) is 41.1 Å². The van der Waals surface area contributed by atoms with E-state index in [-0.39, 0.29) is 36.0 Å². The molecule has 150 valence electrons. The Balaban J connectivity index is 1.70. The molecule has 0 spiro atoms. The number of rotatable bonds is 5. The molecule has 3 amide bonds. The van der Waals surface area contributed by atoms with Crippen molar-refractivity contribution in [1.82, 2.24) is 9.80 Å². The van der Waals surface area contributed by atoms with Crippen molar-refractivity contribution in [2.45, 2.75) is 32.0 Å². The van der Waals surface area contributed by atoms with Gasteiger partial charge in [0.1, 0.15) is 11.7 Å². The Bertz CT molecular complexity index is 998. The van der Waals surface area contributed by atoms with Gasteiger partial charge in [-0.05, 0) is 24.1 Å². The van der Waals surface area contributed by atoms with Crippen LogP contribution in [-0.2, 0) is 25.7 Å². The molecule has 1 aromatic heterocycles. The lowest BCUT2D eigenvalue weighted by Gasteiger charge is -2.53. The maximum Gasteiger partial charge on any atom is 0.352 e. The number of amides is 3. The van der Waals surface area contributed by atoms with Gasteiger partial charge in [0, 0.05) is 37.6 Å². The van der Waals surface area contributed by atoms with Crippen LogP contribution >= 0.6 is 0 Å². The van der Waals surface area contributed by atoms with Crippen molar-refractivity contribution in [3.05, 3.63) is 47.4 Å². The normalized spacial score (nSPS) is 25.3. The van der Waals surface area contributed by atoms with Crippen molar-refractivity contribution in [3.63, 3.8) is 0 Å². The third-order valence-corrected chi connectivity index (χ3v) is 5.80. The number of aromatic nitrogens is 1. The summed E-state index contributed by atoms with van der Waals surface area (Å²) in [5, 5.41) is 9.76. The Morgan fingerprint density at radius 2 is 2.07 bits per heavy atom. The number of carboxylic acid groups (broad SMARTS) is 1. The number of hydrogen-bond donors (Lipinski definition) is 2. The van der Waals surface area contributed by atoms with E-state index in [2.05, 4.69) is 0 Å². The Labute approximate surface area is 166 Å². The molecule has 4 rings (SSSR count). The zero-order valence-corrected chi connectivity index (χ0v) is 15.8. The number of likely N-dealkylation sites (tertiary alicyclic amines) is 1. The van der Waals surface area contributed by atoms with Crippen molar-refractivity contribution in [2.75, 3.05) is 6.54 Å². The van der Waals surface area contributed by atoms with Crippen LogP contribution in [0.25, 0.3) is 6.08 Å². The highest BCUT2D eigenvalue weighted by Gasteiger charge is 2.63. The summed E-state index contributed by atoms with van der Waals surface area (Å²) in [5.41, 5.74) is 6.51. The van der Waals surface area contributed by atoms with Gasteiger partial charge in [0.25, 0.3) is 11.8 Å². The van der Waals surface area contributed by atoms with E-state index < -0.39 is 17.9 Å². The standard InChI is InChI=1S/C20H20N4O5/c1-11(25)23-9-7-14-13(17(20(28)29)24-16(14)18(23)19(24)27)6-5-12-4-2-3-8-22(12)10-15(21)26/h2-6,8,14,16,18H,7,9-10H2,1H3,(H2-,21,26,28,29)/p+1/t14?,16-,18+/m1/s1. The minimum absolute atomic E-state index is 0.00232. The number of nitrogens with two attached hydrogens (primary N) is 1. The molecule has 0 aromatic carbocycles. The third kappa shape index (κ3) is 2.89. The molecule has 0 radical (unpaired) electrons. The Morgan fingerprint density at radius 3 is 2.72 bits per heavy atom. The maximum atomic E-state index is 12.6. The van der Waals surface area contributed by atoms with E-state index in [0.29, 0.717) is 24.2 Å². The molecule has 29 heavy (non-hydrogen) atoms. The predicted octanol–water partition coefficient (Wildman–Crippen LogP) is -0.727. The first-order valence-electron chi connectivity index (χ1n) is 9.34. The number of primary amides is 1. The lowest BCUT2D eigenvalue weighted by molar-refractivity contribution is -0.686. The van der Waals surface area contributed by atoms with E-state index in [4.69, 9.17) is 5.73 Å². The number of β-lactam (4-membered cyclic amide) rings is 1. The van der Waals surface area contributed by atoms with Crippen LogP contribution in [0.2, 0.25) is 0 Å². The first-order chi connectivity index (χ1) is 13.8. The quantitative estimate of drug-likeness (QED) is 0.501. The molecular weight excluding hydrogens is 376 g/mol. The summed E-state index contributed by atoms with van der Waals surface area (Å²) < 4.78 is 1.66. The Kier molecular flexibility index (Phi) is 4.45. The van der Waals surface area contributed by atoms with Crippen LogP contribution < -0.4 is 10.3 Å². The van der Waals surface area contributed by atoms with Gasteiger partial charge in [-0.3, -0.25) is 19.3 Å². The number of carbonyl (C=O) groups excluding carboxylic acids is 3. The molecule has 4 heterocycles. The summed E-state index contributed by atoms with van der Waals surface area (Å²) in [6.45, 7) is 1.83. The summed E-state index contributed by atoms with van der Waals surface area (Å²) in [7, 11) is 0. The molecule has 1 aromatic rings. The Hall–Kier alpha value is -3.49. The fraction of sp³-hybridized carbons (Fsp3) is 0.350. The van der Waals surface area contributed by atoms with Gasteiger partial charge in [-0.2, -0.15) is 4.57 Å². The van der Waals surface area contributed by atoms with E-state index in [1.807, 2.05) is 0 Å². The first-order valence-corrected chi connectivity index (χ1v) is 9.34. The summed E-state index contributed by atoms with van der Waals surface area (Å²) >= 11 is 0. The highest BCUT2D eigenvalue weighted by Crippen LogP contribution is 2.49. The van der Waals surface area contributed by atoms with Crippen LogP contribution in [-0.4, -0.2) is 57.2 Å². The highest BCUT2D eigenvalue weighted by atomic mass is 16.4. The monoisotopic (exact) mass is 397 g/mol. The lowest BCUT2D eigenvalue weighted by atomic mass is 9.78. The molecule has 2 saturated heterocycles. The van der Waals surface area contributed by atoms with Crippen LogP contribution in [0.15, 0.2) is 41.7 Å². The molecule has 0 bridgehead atoms.